The predicted molar refractivity (Wildman–Crippen MR) is 130 cm³/mol. The highest BCUT2D eigenvalue weighted by Crippen LogP contribution is 2.39. The van der Waals surface area contributed by atoms with Gasteiger partial charge in [-0.2, -0.15) is 0 Å². The van der Waals surface area contributed by atoms with Crippen LogP contribution in [0.15, 0.2) is 23.0 Å². The zero-order chi connectivity index (χ0) is 24.4. The molecule has 9 heteroatoms. The lowest BCUT2D eigenvalue weighted by atomic mass is 9.97. The molecule has 1 aromatic carbocycles. The van der Waals surface area contributed by atoms with Crippen LogP contribution in [0.4, 0.5) is 0 Å². The fourth-order valence-corrected chi connectivity index (χ4v) is 5.66. The fraction of sp³-hybridized carbons (Fsp3) is 0.423. The Kier molecular flexibility index (Phi) is 5.45. The van der Waals surface area contributed by atoms with Gasteiger partial charge < -0.3 is 19.5 Å². The first-order valence-electron chi connectivity index (χ1n) is 11.9. The van der Waals surface area contributed by atoms with E-state index < -0.39 is 12.1 Å². The summed E-state index contributed by atoms with van der Waals surface area (Å²) in [6.07, 6.45) is -0.0714. The number of halogens is 1. The van der Waals surface area contributed by atoms with Gasteiger partial charge in [-0.3, -0.25) is 14.5 Å². The maximum atomic E-state index is 13.5. The average molecular weight is 496 g/mol. The third-order valence-electron chi connectivity index (χ3n) is 7.51. The highest BCUT2D eigenvalue weighted by molar-refractivity contribution is 6.32. The molecule has 5 heterocycles. The second-order valence-corrected chi connectivity index (χ2v) is 10.2. The van der Waals surface area contributed by atoms with E-state index in [2.05, 4.69) is 11.0 Å². The van der Waals surface area contributed by atoms with E-state index in [4.69, 9.17) is 21.3 Å². The van der Waals surface area contributed by atoms with Gasteiger partial charge in [-0.25, -0.2) is 4.98 Å². The second-order valence-electron chi connectivity index (χ2n) is 9.78. The molecule has 0 amide bonds. The van der Waals surface area contributed by atoms with Gasteiger partial charge in [-0.05, 0) is 54.7 Å². The first kappa shape index (κ1) is 22.7. The number of carbonyl (C=O) groups excluding carboxylic acids is 1. The number of hydrogen-bond acceptors (Lipinski definition) is 7. The largest absolute Gasteiger partial charge is 0.460 e. The van der Waals surface area contributed by atoms with Gasteiger partial charge in [0.15, 0.2) is 0 Å². The highest BCUT2D eigenvalue weighted by Gasteiger charge is 2.32. The molecular formula is C26H26ClN3O5. The lowest BCUT2D eigenvalue weighted by Gasteiger charge is -2.30. The first-order valence-corrected chi connectivity index (χ1v) is 12.3. The van der Waals surface area contributed by atoms with Crippen molar-refractivity contribution in [3.05, 3.63) is 61.4 Å². The van der Waals surface area contributed by atoms with E-state index in [-0.39, 0.29) is 24.7 Å². The number of nitrogens with zero attached hydrogens (tertiary/aromatic N) is 3. The number of hydrogen-bond donors (Lipinski definition) is 2. The van der Waals surface area contributed by atoms with Crippen molar-refractivity contribution in [2.24, 2.45) is 0 Å². The van der Waals surface area contributed by atoms with Crippen LogP contribution in [-0.4, -0.2) is 49.8 Å². The number of rotatable bonds is 2. The Morgan fingerprint density at radius 3 is 2.69 bits per heavy atom. The number of aliphatic hydroxyl groups excluding tert-OH is 2. The zero-order valence-corrected chi connectivity index (χ0v) is 20.1. The molecule has 2 N–H and O–H groups in total. The number of carbonyl (C=O) groups is 1. The third-order valence-corrected chi connectivity index (χ3v) is 7.92. The molecule has 1 fully saturated rings. The van der Waals surface area contributed by atoms with Crippen LogP contribution in [0.3, 0.4) is 0 Å². The number of cyclic esters (lactones) is 1. The topological polar surface area (TPSA) is 105 Å². The van der Waals surface area contributed by atoms with Gasteiger partial charge in [-0.1, -0.05) is 11.6 Å². The number of aromatic nitrogens is 2. The summed E-state index contributed by atoms with van der Waals surface area (Å²) < 4.78 is 6.84. The van der Waals surface area contributed by atoms with Gasteiger partial charge in [-0.15, -0.1) is 0 Å². The van der Waals surface area contributed by atoms with Crippen LogP contribution in [0.1, 0.15) is 53.2 Å². The molecule has 0 saturated carbocycles. The van der Waals surface area contributed by atoms with Crippen LogP contribution in [0.2, 0.25) is 5.02 Å². The molecule has 182 valence electrons. The minimum Gasteiger partial charge on any atom is -0.460 e. The molecule has 0 aliphatic carbocycles. The molecule has 6 rings (SSSR count). The van der Waals surface area contributed by atoms with E-state index in [1.807, 2.05) is 13.0 Å². The van der Waals surface area contributed by atoms with Gasteiger partial charge in [0.05, 0.1) is 47.6 Å². The SMILES string of the molecule is Cc1cc2c(CN3CCC(O)CC3)c3c(nc2cc1Cl)-c1cc2c(c(=O)n1C3)COC(=O)CC2O. The summed E-state index contributed by atoms with van der Waals surface area (Å²) in [6, 6.07) is 5.70. The smallest absolute Gasteiger partial charge is 0.309 e. The quantitative estimate of drug-likeness (QED) is 0.412. The Morgan fingerprint density at radius 1 is 1.14 bits per heavy atom. The van der Waals surface area contributed by atoms with E-state index >= 15 is 0 Å². The Balaban J connectivity index is 1.54. The van der Waals surface area contributed by atoms with Crippen LogP contribution in [0, 0.1) is 6.92 Å². The number of fused-ring (bicyclic) bond motifs is 5. The summed E-state index contributed by atoms with van der Waals surface area (Å²) in [7, 11) is 0. The average Bonchev–Trinajstić information content (AvgIpc) is 3.12. The minimum atomic E-state index is -1.10. The Morgan fingerprint density at radius 2 is 1.91 bits per heavy atom. The molecule has 0 bridgehead atoms. The summed E-state index contributed by atoms with van der Waals surface area (Å²) in [5.41, 5.74) is 5.60. The number of benzene rings is 1. The van der Waals surface area contributed by atoms with Crippen molar-refractivity contribution in [2.75, 3.05) is 13.1 Å². The van der Waals surface area contributed by atoms with Crippen molar-refractivity contribution in [1.82, 2.24) is 14.5 Å². The van der Waals surface area contributed by atoms with Crippen LogP contribution in [0.5, 0.6) is 0 Å². The lowest BCUT2D eigenvalue weighted by molar-refractivity contribution is -0.146. The Hall–Kier alpha value is -2.78. The second kappa shape index (κ2) is 8.41. The highest BCUT2D eigenvalue weighted by atomic mass is 35.5. The van der Waals surface area contributed by atoms with Gasteiger partial charge in [0.25, 0.3) is 5.56 Å². The maximum absolute atomic E-state index is 13.5. The molecule has 8 nitrogen and oxygen atoms in total. The summed E-state index contributed by atoms with van der Waals surface area (Å²) in [4.78, 5) is 32.6. The molecular weight excluding hydrogens is 470 g/mol. The van der Waals surface area contributed by atoms with E-state index in [0.717, 1.165) is 53.5 Å². The fourth-order valence-electron chi connectivity index (χ4n) is 5.50. The van der Waals surface area contributed by atoms with Gasteiger partial charge in [0.1, 0.15) is 6.61 Å². The number of piperidine rings is 1. The molecule has 1 saturated heterocycles. The lowest BCUT2D eigenvalue weighted by Crippen LogP contribution is -2.35. The number of esters is 1. The molecule has 0 radical (unpaired) electrons. The van der Waals surface area contributed by atoms with Crippen molar-refractivity contribution in [3.63, 3.8) is 0 Å². The summed E-state index contributed by atoms with van der Waals surface area (Å²) in [5, 5.41) is 22.2. The van der Waals surface area contributed by atoms with Gasteiger partial charge in [0, 0.05) is 35.6 Å². The van der Waals surface area contributed by atoms with E-state index in [0.29, 0.717) is 40.6 Å². The van der Waals surface area contributed by atoms with E-state index in [1.54, 1.807) is 10.6 Å². The molecule has 3 aliphatic rings. The van der Waals surface area contributed by atoms with Gasteiger partial charge >= 0.3 is 5.97 Å². The van der Waals surface area contributed by atoms with Crippen LogP contribution in [-0.2, 0) is 29.2 Å². The van der Waals surface area contributed by atoms with Crippen molar-refractivity contribution in [3.8, 4) is 11.4 Å². The number of aryl methyl sites for hydroxylation is 1. The van der Waals surface area contributed by atoms with Crippen molar-refractivity contribution >= 4 is 28.5 Å². The minimum absolute atomic E-state index is 0.145. The predicted octanol–water partition coefficient (Wildman–Crippen LogP) is 2.82. The Bertz CT molecular complexity index is 1440. The molecule has 0 spiro atoms. The van der Waals surface area contributed by atoms with E-state index in [1.165, 1.54) is 0 Å². The Labute approximate surface area is 206 Å². The number of ether oxygens (including phenoxy) is 1. The monoisotopic (exact) mass is 495 g/mol. The van der Waals surface area contributed by atoms with Crippen LogP contribution >= 0.6 is 11.6 Å². The normalized spacial score (nSPS) is 20.3. The van der Waals surface area contributed by atoms with Gasteiger partial charge in [0.2, 0.25) is 0 Å². The molecule has 1 unspecified atom stereocenters. The molecule has 35 heavy (non-hydrogen) atoms. The molecule has 3 aliphatic heterocycles. The molecule has 3 aromatic rings. The number of aliphatic hydroxyl groups is 2. The van der Waals surface area contributed by atoms with Crippen molar-refractivity contribution in [1.29, 1.82) is 0 Å². The zero-order valence-electron chi connectivity index (χ0n) is 19.4. The summed E-state index contributed by atoms with van der Waals surface area (Å²) in [5.74, 6) is -0.526. The molecule has 2 aromatic heterocycles. The third kappa shape index (κ3) is 3.76. The standard InChI is InChI=1S/C26H26ClN3O5/c1-13-6-15-17(10-29-4-2-14(31)3-5-29)18-11-30-22(25(18)28-21(15)8-20(13)27)7-16-19(26(30)34)12-35-24(33)9-23(16)32/h6-8,14,23,31-32H,2-5,9-12H2,1H3. The van der Waals surface area contributed by atoms with Crippen LogP contribution < -0.4 is 5.56 Å². The molecule has 1 atom stereocenters. The van der Waals surface area contributed by atoms with Crippen molar-refractivity contribution in [2.45, 2.75) is 58.1 Å². The maximum Gasteiger partial charge on any atom is 0.309 e. The van der Waals surface area contributed by atoms with Crippen molar-refractivity contribution < 1.29 is 19.7 Å². The summed E-state index contributed by atoms with van der Waals surface area (Å²) >= 11 is 6.46. The number of likely N-dealkylation sites (tertiary alicyclic amines) is 1. The first-order chi connectivity index (χ1) is 16.8. The summed E-state index contributed by atoms with van der Waals surface area (Å²) in [6.45, 7) is 4.45. The number of pyridine rings is 2. The van der Waals surface area contributed by atoms with Crippen LogP contribution in [0.25, 0.3) is 22.3 Å². The van der Waals surface area contributed by atoms with E-state index in [9.17, 15) is 19.8 Å².